The molecule has 0 saturated carbocycles. The predicted molar refractivity (Wildman–Crippen MR) is 82.0 cm³/mol. The lowest BCUT2D eigenvalue weighted by Crippen LogP contribution is -2.52. The number of methoxy groups -OCH3 is 1. The van der Waals surface area contributed by atoms with Crippen molar-refractivity contribution in [1.29, 1.82) is 0 Å². The van der Waals surface area contributed by atoms with Crippen LogP contribution in [-0.2, 0) is 4.74 Å². The second kappa shape index (κ2) is 7.22. The van der Waals surface area contributed by atoms with Crippen molar-refractivity contribution in [2.75, 3.05) is 13.3 Å². The van der Waals surface area contributed by atoms with E-state index in [1.807, 2.05) is 0 Å². The summed E-state index contributed by atoms with van der Waals surface area (Å²) in [7, 11) is -1.54. The van der Waals surface area contributed by atoms with Crippen molar-refractivity contribution >= 4 is 25.6 Å². The minimum Gasteiger partial charge on any atom is -0.465 e. The highest BCUT2D eigenvalue weighted by molar-refractivity contribution is 6.92. The molecule has 0 aliphatic carbocycles. The molecule has 0 heterocycles. The highest BCUT2D eigenvalue weighted by Crippen LogP contribution is 2.12. The van der Waals surface area contributed by atoms with E-state index in [2.05, 4.69) is 16.2 Å². The molecule has 112 valence electrons. The summed E-state index contributed by atoms with van der Waals surface area (Å²) in [5.41, 5.74) is 9.21. The molecule has 1 rings (SSSR count). The van der Waals surface area contributed by atoms with E-state index >= 15 is 0 Å². The van der Waals surface area contributed by atoms with Crippen LogP contribution in [0.25, 0.3) is 0 Å². The molecule has 21 heavy (non-hydrogen) atoms. The third-order valence-electron chi connectivity index (χ3n) is 2.88. The third kappa shape index (κ3) is 4.56. The summed E-state index contributed by atoms with van der Waals surface area (Å²) >= 11 is 5.87. The summed E-state index contributed by atoms with van der Waals surface area (Å²) in [6.07, 6.45) is -0.356. The van der Waals surface area contributed by atoms with Gasteiger partial charge in [0.05, 0.1) is 17.8 Å². The van der Waals surface area contributed by atoms with Crippen LogP contribution in [0.15, 0.2) is 24.3 Å². The summed E-state index contributed by atoms with van der Waals surface area (Å²) in [4.78, 5) is 21.9. The molecule has 0 aliphatic rings. The third-order valence-corrected chi connectivity index (χ3v) is 7.15. The van der Waals surface area contributed by atoms with E-state index in [1.54, 1.807) is 30.8 Å². The number of esters is 1. The van der Waals surface area contributed by atoms with Gasteiger partial charge in [-0.3, -0.25) is 10.1 Å². The van der Waals surface area contributed by atoms with E-state index in [0.717, 1.165) is 0 Å². The number of halogens is 1. The Bertz CT molecular complexity index is 612. The predicted octanol–water partition coefficient (Wildman–Crippen LogP) is 1.32. The van der Waals surface area contributed by atoms with Gasteiger partial charge in [0.25, 0.3) is 0 Å². The van der Waals surface area contributed by atoms with Crippen molar-refractivity contribution in [2.45, 2.75) is 11.7 Å². The van der Waals surface area contributed by atoms with Gasteiger partial charge in [0.15, 0.2) is 0 Å². The Morgan fingerprint density at radius 1 is 1.57 bits per heavy atom. The Morgan fingerprint density at radius 2 is 2.19 bits per heavy atom. The first-order valence-electron chi connectivity index (χ1n) is 6.02. The molecular formula is C13H15ClN2O4Si. The van der Waals surface area contributed by atoms with E-state index in [9.17, 15) is 14.9 Å². The number of hydrogen-bond acceptors (Lipinski definition) is 5. The van der Waals surface area contributed by atoms with Crippen molar-refractivity contribution in [3.8, 4) is 11.5 Å². The van der Waals surface area contributed by atoms with Gasteiger partial charge in [0.1, 0.15) is 0 Å². The lowest BCUT2D eigenvalue weighted by molar-refractivity contribution is -0.461. The van der Waals surface area contributed by atoms with Gasteiger partial charge in [-0.2, -0.15) is 0 Å². The number of alkyl halides is 1. The highest BCUT2D eigenvalue weighted by atomic mass is 35.5. The van der Waals surface area contributed by atoms with Gasteiger partial charge in [-0.15, -0.1) is 17.1 Å². The zero-order chi connectivity index (χ0) is 16.0. The van der Waals surface area contributed by atoms with E-state index in [-0.39, 0.29) is 6.17 Å². The van der Waals surface area contributed by atoms with Gasteiger partial charge in [-0.25, -0.2) is 4.79 Å². The number of nitrogens with zero attached hydrogens (tertiary/aromatic N) is 1. The smallest absolute Gasteiger partial charge is 0.339 e. The number of ether oxygens (including phenoxy) is 1. The highest BCUT2D eigenvalue weighted by Gasteiger charge is 2.38. The van der Waals surface area contributed by atoms with Gasteiger partial charge < -0.3 is 10.5 Å². The first-order valence-corrected chi connectivity index (χ1v) is 9.24. The number of hydrogen-bond donors (Lipinski definition) is 1. The normalized spacial score (nSPS) is 14.3. The topological polar surface area (TPSA) is 95.5 Å². The Balaban J connectivity index is 3.21. The van der Waals surface area contributed by atoms with Crippen molar-refractivity contribution in [1.82, 2.24) is 0 Å². The first-order chi connectivity index (χ1) is 9.80. The maximum Gasteiger partial charge on any atom is 0.339 e. The van der Waals surface area contributed by atoms with Crippen molar-refractivity contribution in [3.05, 3.63) is 45.5 Å². The van der Waals surface area contributed by atoms with Crippen LogP contribution in [0.2, 0.25) is 6.55 Å². The average molecular weight is 327 g/mol. The summed E-state index contributed by atoms with van der Waals surface area (Å²) in [5.74, 6) is 2.28. The van der Waals surface area contributed by atoms with E-state index in [0.29, 0.717) is 11.1 Å². The minimum atomic E-state index is -2.81. The van der Waals surface area contributed by atoms with E-state index < -0.39 is 24.1 Å². The van der Waals surface area contributed by atoms with Gasteiger partial charge in [-0.1, -0.05) is 24.6 Å². The van der Waals surface area contributed by atoms with Crippen molar-refractivity contribution < 1.29 is 14.5 Å². The molecule has 0 aromatic heterocycles. The number of rotatable bonds is 4. The summed E-state index contributed by atoms with van der Waals surface area (Å²) in [6, 6.07) is 6.60. The number of nitrogens with two attached hydrogens (primary N) is 1. The molecule has 0 spiro atoms. The summed E-state index contributed by atoms with van der Waals surface area (Å²) in [6.45, 7) is 1.64. The Labute approximate surface area is 128 Å². The number of nitro groups is 1. The molecule has 6 nitrogen and oxygen atoms in total. The van der Waals surface area contributed by atoms with Gasteiger partial charge in [-0.05, 0) is 12.1 Å². The zero-order valence-electron chi connectivity index (χ0n) is 11.6. The Hall–Kier alpha value is -1.88. The number of carbonyl (C=O) groups is 1. The molecule has 1 aromatic carbocycles. The summed E-state index contributed by atoms with van der Waals surface area (Å²) < 4.78 is 4.67. The van der Waals surface area contributed by atoms with Gasteiger partial charge in [0, 0.05) is 10.5 Å². The average Bonchev–Trinajstić information content (AvgIpc) is 2.43. The fraction of sp³-hybridized carbons (Fsp3) is 0.308. The second-order valence-electron chi connectivity index (χ2n) is 4.60. The van der Waals surface area contributed by atoms with Crippen LogP contribution in [0.3, 0.4) is 0 Å². The molecule has 0 radical (unpaired) electrons. The first kappa shape index (κ1) is 17.2. The molecule has 2 unspecified atom stereocenters. The minimum absolute atomic E-state index is 0.299. The van der Waals surface area contributed by atoms with Crippen LogP contribution in [-0.4, -0.2) is 37.4 Å². The van der Waals surface area contributed by atoms with Gasteiger partial charge >= 0.3 is 5.97 Å². The van der Waals surface area contributed by atoms with Crippen LogP contribution in [0.1, 0.15) is 15.9 Å². The molecule has 0 saturated heterocycles. The quantitative estimate of drug-likeness (QED) is 0.171. The monoisotopic (exact) mass is 326 g/mol. The van der Waals surface area contributed by atoms with E-state index in [4.69, 9.17) is 17.3 Å². The fourth-order valence-electron chi connectivity index (χ4n) is 1.55. The lowest BCUT2D eigenvalue weighted by atomic mass is 10.1. The van der Waals surface area contributed by atoms with Crippen LogP contribution in [0, 0.1) is 21.6 Å². The van der Waals surface area contributed by atoms with Crippen LogP contribution >= 0.6 is 11.6 Å². The number of benzene rings is 1. The molecule has 2 atom stereocenters. The molecule has 2 N–H and O–H groups in total. The maximum atomic E-state index is 11.6. The molecule has 0 bridgehead atoms. The summed E-state index contributed by atoms with van der Waals surface area (Å²) in [5, 5.41) is 9.86. The molecule has 0 fully saturated rings. The zero-order valence-corrected chi connectivity index (χ0v) is 13.4. The molecular weight excluding hydrogens is 312 g/mol. The fourth-order valence-corrected chi connectivity index (χ4v) is 3.27. The molecule has 1 aromatic rings. The van der Waals surface area contributed by atoms with E-state index in [1.165, 1.54) is 7.11 Å². The largest absolute Gasteiger partial charge is 0.465 e. The molecule has 0 aliphatic heterocycles. The second-order valence-corrected chi connectivity index (χ2v) is 9.46. The van der Waals surface area contributed by atoms with Crippen LogP contribution in [0.4, 0.5) is 0 Å². The standard InChI is InChI=1S/C13H15ClN2O4Si/c1-20-12(17)11-6-4-3-5-10(11)7-8-21(2,13(14)15)9-16(18)19/h3-6,13H,9,15H2,1-2H3. The molecule has 8 heteroatoms. The number of carbonyl (C=O) groups excluding carboxylic acids is 1. The lowest BCUT2D eigenvalue weighted by Gasteiger charge is -2.18. The Morgan fingerprint density at radius 3 is 2.71 bits per heavy atom. The molecule has 0 amide bonds. The Kier molecular flexibility index (Phi) is 5.90. The van der Waals surface area contributed by atoms with Crippen LogP contribution < -0.4 is 5.73 Å². The van der Waals surface area contributed by atoms with Crippen molar-refractivity contribution in [2.24, 2.45) is 5.73 Å². The SMILES string of the molecule is COC(=O)c1ccccc1C#C[Si](C)(C[N+](=O)[O-])C(N)Cl. The van der Waals surface area contributed by atoms with Crippen LogP contribution in [0.5, 0.6) is 0 Å². The van der Waals surface area contributed by atoms with Gasteiger partial charge in [0.2, 0.25) is 14.2 Å². The maximum absolute atomic E-state index is 11.6. The van der Waals surface area contributed by atoms with Crippen molar-refractivity contribution in [3.63, 3.8) is 0 Å².